The van der Waals surface area contributed by atoms with Gasteiger partial charge >= 0.3 is 5.97 Å². The summed E-state index contributed by atoms with van der Waals surface area (Å²) in [5.74, 6) is -1.03. The molecule has 0 atom stereocenters. The molecule has 7 heteroatoms. The smallest absolute Gasteiger partial charge is 0.356 e. The Bertz CT molecular complexity index is 494. The molecular weight excluding hydrogens is 198 g/mol. The van der Waals surface area contributed by atoms with Crippen LogP contribution in [-0.4, -0.2) is 31.1 Å². The maximum atomic E-state index is 10.9. The lowest BCUT2D eigenvalue weighted by molar-refractivity contribution is 0.0690. The SMILES string of the molecule is Nc1ccc(-n2nccn2)c(C(=O)O)n1. The number of carboxylic acids is 1. The van der Waals surface area contributed by atoms with Gasteiger partial charge in [-0.3, -0.25) is 0 Å². The Morgan fingerprint density at radius 2 is 2.00 bits per heavy atom. The van der Waals surface area contributed by atoms with Crippen LogP contribution in [0.4, 0.5) is 5.82 Å². The summed E-state index contributed by atoms with van der Waals surface area (Å²) in [4.78, 5) is 15.8. The van der Waals surface area contributed by atoms with E-state index in [1.165, 1.54) is 29.3 Å². The zero-order chi connectivity index (χ0) is 10.8. The third-order valence-electron chi connectivity index (χ3n) is 1.73. The number of pyridine rings is 1. The largest absolute Gasteiger partial charge is 0.476 e. The zero-order valence-electron chi connectivity index (χ0n) is 7.53. The summed E-state index contributed by atoms with van der Waals surface area (Å²) in [6.07, 6.45) is 2.89. The number of hydrogen-bond donors (Lipinski definition) is 2. The van der Waals surface area contributed by atoms with Crippen LogP contribution in [0.15, 0.2) is 24.5 Å². The van der Waals surface area contributed by atoms with Crippen LogP contribution in [-0.2, 0) is 0 Å². The van der Waals surface area contributed by atoms with Gasteiger partial charge < -0.3 is 10.8 Å². The Morgan fingerprint density at radius 3 is 2.60 bits per heavy atom. The standard InChI is InChI=1S/C8H7N5O2/c9-6-2-1-5(7(12-6)8(14)15)13-10-3-4-11-13/h1-4H,(H2,9,12)(H,14,15). The van der Waals surface area contributed by atoms with E-state index in [9.17, 15) is 4.79 Å². The summed E-state index contributed by atoms with van der Waals surface area (Å²) in [6.45, 7) is 0. The first-order valence-corrected chi connectivity index (χ1v) is 4.05. The summed E-state index contributed by atoms with van der Waals surface area (Å²) < 4.78 is 0. The molecule has 0 aliphatic heterocycles. The van der Waals surface area contributed by atoms with Gasteiger partial charge in [0.1, 0.15) is 11.5 Å². The van der Waals surface area contributed by atoms with Crippen molar-refractivity contribution in [2.45, 2.75) is 0 Å². The van der Waals surface area contributed by atoms with E-state index in [-0.39, 0.29) is 17.2 Å². The Hall–Kier alpha value is -2.44. The van der Waals surface area contributed by atoms with E-state index in [0.29, 0.717) is 0 Å². The van der Waals surface area contributed by atoms with Gasteiger partial charge in [0.25, 0.3) is 0 Å². The molecular formula is C8H7N5O2. The van der Waals surface area contributed by atoms with Crippen molar-refractivity contribution in [3.63, 3.8) is 0 Å². The van der Waals surface area contributed by atoms with Crippen molar-refractivity contribution in [2.75, 3.05) is 5.73 Å². The van der Waals surface area contributed by atoms with Crippen molar-refractivity contribution >= 4 is 11.8 Å². The zero-order valence-corrected chi connectivity index (χ0v) is 7.53. The van der Waals surface area contributed by atoms with E-state index in [4.69, 9.17) is 10.8 Å². The fourth-order valence-corrected chi connectivity index (χ4v) is 1.13. The van der Waals surface area contributed by atoms with Crippen LogP contribution < -0.4 is 5.73 Å². The number of hydrogen-bond acceptors (Lipinski definition) is 5. The molecule has 2 rings (SSSR count). The number of carbonyl (C=O) groups is 1. The summed E-state index contributed by atoms with van der Waals surface area (Å²) in [5, 5.41) is 16.5. The molecule has 0 aromatic carbocycles. The van der Waals surface area contributed by atoms with Crippen LogP contribution >= 0.6 is 0 Å². The average molecular weight is 205 g/mol. The topological polar surface area (TPSA) is 107 Å². The van der Waals surface area contributed by atoms with E-state index < -0.39 is 5.97 Å². The molecule has 0 unspecified atom stereocenters. The summed E-state index contributed by atoms with van der Waals surface area (Å²) >= 11 is 0. The molecule has 0 fully saturated rings. The summed E-state index contributed by atoms with van der Waals surface area (Å²) in [6, 6.07) is 3.00. The van der Waals surface area contributed by atoms with Gasteiger partial charge in [0, 0.05) is 0 Å². The van der Waals surface area contributed by atoms with E-state index >= 15 is 0 Å². The fourth-order valence-electron chi connectivity index (χ4n) is 1.13. The van der Waals surface area contributed by atoms with Gasteiger partial charge in [0.05, 0.1) is 12.4 Å². The van der Waals surface area contributed by atoms with Crippen molar-refractivity contribution in [1.29, 1.82) is 0 Å². The van der Waals surface area contributed by atoms with Crippen molar-refractivity contribution < 1.29 is 9.90 Å². The van der Waals surface area contributed by atoms with Gasteiger partial charge in [-0.05, 0) is 12.1 Å². The molecule has 3 N–H and O–H groups in total. The highest BCUT2D eigenvalue weighted by Gasteiger charge is 2.14. The van der Waals surface area contributed by atoms with Gasteiger partial charge in [-0.2, -0.15) is 10.2 Å². The number of aromatic nitrogens is 4. The molecule has 0 amide bonds. The van der Waals surface area contributed by atoms with Gasteiger partial charge in [0.2, 0.25) is 0 Å². The quantitative estimate of drug-likeness (QED) is 0.711. The molecule has 0 aliphatic rings. The molecule has 2 aromatic rings. The number of nitrogens with zero attached hydrogens (tertiary/aromatic N) is 4. The van der Waals surface area contributed by atoms with E-state index in [1.54, 1.807) is 0 Å². The normalized spacial score (nSPS) is 10.1. The predicted molar refractivity (Wildman–Crippen MR) is 50.5 cm³/mol. The van der Waals surface area contributed by atoms with Crippen LogP contribution in [0.2, 0.25) is 0 Å². The monoisotopic (exact) mass is 205 g/mol. The second kappa shape index (κ2) is 3.37. The molecule has 76 valence electrons. The van der Waals surface area contributed by atoms with Crippen molar-refractivity contribution in [2.24, 2.45) is 0 Å². The van der Waals surface area contributed by atoms with E-state index in [1.807, 2.05) is 0 Å². The highest BCUT2D eigenvalue weighted by atomic mass is 16.4. The van der Waals surface area contributed by atoms with E-state index in [2.05, 4.69) is 15.2 Å². The molecule has 0 radical (unpaired) electrons. The average Bonchev–Trinajstić information content (AvgIpc) is 2.70. The van der Waals surface area contributed by atoms with Crippen LogP contribution in [0.1, 0.15) is 10.5 Å². The van der Waals surface area contributed by atoms with Crippen LogP contribution in [0.3, 0.4) is 0 Å². The van der Waals surface area contributed by atoms with Crippen molar-refractivity contribution in [1.82, 2.24) is 20.0 Å². The third-order valence-corrected chi connectivity index (χ3v) is 1.73. The minimum absolute atomic E-state index is 0.142. The minimum Gasteiger partial charge on any atom is -0.476 e. The molecule has 0 saturated carbocycles. The van der Waals surface area contributed by atoms with Gasteiger partial charge in [-0.15, -0.1) is 4.80 Å². The molecule has 0 aliphatic carbocycles. The Labute approximate surface area is 84.2 Å². The predicted octanol–water partition coefficient (Wildman–Crippen LogP) is -0.0573. The fraction of sp³-hybridized carbons (Fsp3) is 0. The lowest BCUT2D eigenvalue weighted by Crippen LogP contribution is -2.11. The molecule has 15 heavy (non-hydrogen) atoms. The van der Waals surface area contributed by atoms with Crippen LogP contribution in [0.25, 0.3) is 5.69 Å². The lowest BCUT2D eigenvalue weighted by atomic mass is 10.3. The minimum atomic E-state index is -1.17. The summed E-state index contributed by atoms with van der Waals surface area (Å²) in [7, 11) is 0. The number of rotatable bonds is 2. The third kappa shape index (κ3) is 1.62. The van der Waals surface area contributed by atoms with Crippen LogP contribution in [0.5, 0.6) is 0 Å². The molecule has 2 aromatic heterocycles. The molecule has 7 nitrogen and oxygen atoms in total. The molecule has 2 heterocycles. The van der Waals surface area contributed by atoms with E-state index in [0.717, 1.165) is 0 Å². The second-order valence-corrected chi connectivity index (χ2v) is 2.73. The first-order chi connectivity index (χ1) is 7.18. The summed E-state index contributed by atoms with van der Waals surface area (Å²) in [5.41, 5.74) is 5.50. The highest BCUT2D eigenvalue weighted by molar-refractivity contribution is 5.89. The second-order valence-electron chi connectivity index (χ2n) is 2.73. The first-order valence-electron chi connectivity index (χ1n) is 4.05. The first kappa shape index (κ1) is 9.13. The van der Waals surface area contributed by atoms with Crippen molar-refractivity contribution in [3.8, 4) is 5.69 Å². The Kier molecular flexibility index (Phi) is 2.05. The Morgan fingerprint density at radius 1 is 1.33 bits per heavy atom. The number of nitrogens with two attached hydrogens (primary N) is 1. The van der Waals surface area contributed by atoms with Gasteiger partial charge in [0.15, 0.2) is 5.69 Å². The van der Waals surface area contributed by atoms with Crippen LogP contribution in [0, 0.1) is 0 Å². The maximum absolute atomic E-state index is 10.9. The molecule has 0 bridgehead atoms. The highest BCUT2D eigenvalue weighted by Crippen LogP contribution is 2.12. The number of carboxylic acid groups (broad SMARTS) is 1. The number of anilines is 1. The van der Waals surface area contributed by atoms with Gasteiger partial charge in [-0.25, -0.2) is 9.78 Å². The molecule has 0 spiro atoms. The van der Waals surface area contributed by atoms with Crippen molar-refractivity contribution in [3.05, 3.63) is 30.2 Å². The number of aromatic carboxylic acids is 1. The maximum Gasteiger partial charge on any atom is 0.356 e. The number of nitrogen functional groups attached to an aromatic ring is 1. The Balaban J connectivity index is 2.61. The molecule has 0 saturated heterocycles. The van der Waals surface area contributed by atoms with Gasteiger partial charge in [-0.1, -0.05) is 0 Å². The lowest BCUT2D eigenvalue weighted by Gasteiger charge is -2.03.